The first-order valence-electron chi connectivity index (χ1n) is 11.6. The van der Waals surface area contributed by atoms with Gasteiger partial charge in [-0.3, -0.25) is 15.0 Å². The molecule has 3 aromatic carbocycles. The smallest absolute Gasteiger partial charge is 0.251 e. The van der Waals surface area contributed by atoms with Crippen molar-refractivity contribution in [2.24, 2.45) is 11.5 Å². The summed E-state index contributed by atoms with van der Waals surface area (Å²) >= 11 is 0. The number of ether oxygens (including phenoxy) is 2. The first-order valence-corrected chi connectivity index (χ1v) is 11.6. The van der Waals surface area contributed by atoms with Crippen LogP contribution < -0.4 is 31.2 Å². The van der Waals surface area contributed by atoms with E-state index in [1.54, 1.807) is 42.3 Å². The third-order valence-electron chi connectivity index (χ3n) is 6.28. The summed E-state index contributed by atoms with van der Waals surface area (Å²) < 4.78 is 10.8. The molecule has 0 fully saturated rings. The van der Waals surface area contributed by atoms with E-state index in [0.717, 1.165) is 16.7 Å². The Morgan fingerprint density at radius 3 is 2.05 bits per heavy atom. The normalized spacial score (nSPS) is 11.4. The van der Waals surface area contributed by atoms with E-state index in [1.165, 1.54) is 14.2 Å². The summed E-state index contributed by atoms with van der Waals surface area (Å²) in [5, 5.41) is 10.8. The van der Waals surface area contributed by atoms with Gasteiger partial charge in [-0.1, -0.05) is 42.0 Å². The van der Waals surface area contributed by atoms with E-state index < -0.39 is 11.9 Å². The van der Waals surface area contributed by atoms with Crippen molar-refractivity contribution in [3.05, 3.63) is 88.0 Å². The van der Waals surface area contributed by atoms with Crippen LogP contribution >= 0.6 is 0 Å². The van der Waals surface area contributed by atoms with Gasteiger partial charge in [0.15, 0.2) is 0 Å². The van der Waals surface area contributed by atoms with Gasteiger partial charge in [-0.15, -0.1) is 0 Å². The second-order valence-corrected chi connectivity index (χ2v) is 8.77. The molecule has 6 N–H and O–H groups in total. The van der Waals surface area contributed by atoms with Gasteiger partial charge in [-0.25, -0.2) is 0 Å². The van der Waals surface area contributed by atoms with E-state index in [4.69, 9.17) is 26.4 Å². The maximum atomic E-state index is 13.1. The van der Waals surface area contributed by atoms with Crippen LogP contribution in [0.3, 0.4) is 0 Å². The SMILES string of the molecule is COc1cc(C(=O)NCc2ccc(C(=N)N)cc2N(C)C(C(N)=O)c2ccc(C)cc2)cc(OC)c1C. The van der Waals surface area contributed by atoms with Crippen LogP contribution in [0, 0.1) is 19.3 Å². The van der Waals surface area contributed by atoms with Crippen LogP contribution in [-0.2, 0) is 11.3 Å². The zero-order valence-electron chi connectivity index (χ0n) is 21.7. The van der Waals surface area contributed by atoms with Crippen LogP contribution in [0.25, 0.3) is 0 Å². The van der Waals surface area contributed by atoms with Crippen molar-refractivity contribution in [2.75, 3.05) is 26.2 Å². The third kappa shape index (κ3) is 6.00. The minimum Gasteiger partial charge on any atom is -0.496 e. The predicted molar refractivity (Wildman–Crippen MR) is 144 cm³/mol. The lowest BCUT2D eigenvalue weighted by Crippen LogP contribution is -2.36. The Kier molecular flexibility index (Phi) is 8.39. The fraction of sp³-hybridized carbons (Fsp3) is 0.250. The van der Waals surface area contributed by atoms with Crippen LogP contribution in [0.5, 0.6) is 11.5 Å². The van der Waals surface area contributed by atoms with E-state index >= 15 is 0 Å². The zero-order valence-corrected chi connectivity index (χ0v) is 21.7. The minimum absolute atomic E-state index is 0.116. The quantitative estimate of drug-likeness (QED) is 0.247. The first kappa shape index (κ1) is 27.1. The molecule has 3 rings (SSSR count). The van der Waals surface area contributed by atoms with Crippen LogP contribution in [-0.4, -0.2) is 38.9 Å². The van der Waals surface area contributed by atoms with E-state index in [0.29, 0.717) is 33.9 Å². The highest BCUT2D eigenvalue weighted by atomic mass is 16.5. The average Bonchev–Trinajstić information content (AvgIpc) is 2.88. The molecule has 0 saturated heterocycles. The van der Waals surface area contributed by atoms with Crippen LogP contribution in [0.4, 0.5) is 5.69 Å². The molecule has 0 radical (unpaired) electrons. The molecule has 0 aliphatic rings. The molecule has 0 saturated carbocycles. The second kappa shape index (κ2) is 11.5. The monoisotopic (exact) mass is 503 g/mol. The Morgan fingerprint density at radius 2 is 1.54 bits per heavy atom. The minimum atomic E-state index is -0.775. The number of carbonyl (C=O) groups excluding carboxylic acids is 2. The summed E-state index contributed by atoms with van der Waals surface area (Å²) in [5.41, 5.74) is 16.3. The topological polar surface area (TPSA) is 144 Å². The summed E-state index contributed by atoms with van der Waals surface area (Å²) in [4.78, 5) is 27.3. The van der Waals surface area contributed by atoms with Gasteiger partial charge in [-0.05, 0) is 43.2 Å². The molecule has 0 bridgehead atoms. The molecular weight excluding hydrogens is 470 g/mol. The number of primary amides is 1. The van der Waals surface area contributed by atoms with Gasteiger partial charge < -0.3 is 31.2 Å². The van der Waals surface area contributed by atoms with Gasteiger partial charge in [0.05, 0.1) is 14.2 Å². The van der Waals surface area contributed by atoms with Crippen LogP contribution in [0.1, 0.15) is 44.2 Å². The van der Waals surface area contributed by atoms with Crippen molar-refractivity contribution in [1.82, 2.24) is 5.32 Å². The number of aryl methyl sites for hydroxylation is 1. The maximum absolute atomic E-state index is 13.1. The van der Waals surface area contributed by atoms with Crippen molar-refractivity contribution >= 4 is 23.3 Å². The lowest BCUT2D eigenvalue weighted by Gasteiger charge is -2.30. The van der Waals surface area contributed by atoms with Crippen molar-refractivity contribution in [3.63, 3.8) is 0 Å². The molecule has 3 aromatic rings. The molecule has 0 aliphatic heterocycles. The zero-order chi connectivity index (χ0) is 27.3. The molecule has 9 heteroatoms. The van der Waals surface area contributed by atoms with Gasteiger partial charge in [-0.2, -0.15) is 0 Å². The standard InChI is InChI=1S/C28H33N5O4/c1-16-6-8-18(9-7-16)25(27(31)34)33(3)22-12-19(26(29)30)10-11-20(22)15-32-28(35)21-13-23(36-4)17(2)24(14-21)37-5/h6-14,25H,15H2,1-5H3,(H3,29,30)(H2,31,34)(H,32,35). The van der Waals surface area contributed by atoms with Gasteiger partial charge in [0, 0.05) is 36.0 Å². The molecule has 0 heterocycles. The molecule has 2 amide bonds. The number of amides is 2. The number of hydrogen-bond acceptors (Lipinski definition) is 6. The Labute approximate surface area is 216 Å². The molecule has 37 heavy (non-hydrogen) atoms. The number of carbonyl (C=O) groups is 2. The number of likely N-dealkylation sites (N-methyl/N-ethyl adjacent to an activating group) is 1. The molecule has 1 atom stereocenters. The number of benzene rings is 3. The van der Waals surface area contributed by atoms with Crippen molar-refractivity contribution < 1.29 is 19.1 Å². The van der Waals surface area contributed by atoms with Crippen LogP contribution in [0.2, 0.25) is 0 Å². The Morgan fingerprint density at radius 1 is 0.946 bits per heavy atom. The number of nitrogens with two attached hydrogens (primary N) is 2. The predicted octanol–water partition coefficient (Wildman–Crippen LogP) is 3.20. The molecule has 0 aliphatic carbocycles. The lowest BCUT2D eigenvalue weighted by molar-refractivity contribution is -0.119. The van der Waals surface area contributed by atoms with Crippen LogP contribution in [0.15, 0.2) is 54.6 Å². The van der Waals surface area contributed by atoms with E-state index in [2.05, 4.69) is 5.32 Å². The fourth-order valence-corrected chi connectivity index (χ4v) is 4.17. The Bertz CT molecular complexity index is 1300. The largest absolute Gasteiger partial charge is 0.496 e. The third-order valence-corrected chi connectivity index (χ3v) is 6.28. The summed E-state index contributed by atoms with van der Waals surface area (Å²) in [5.74, 6) is 0.102. The summed E-state index contributed by atoms with van der Waals surface area (Å²) in [6.07, 6.45) is 0. The number of nitrogens with one attached hydrogen (secondary N) is 2. The van der Waals surface area contributed by atoms with Crippen molar-refractivity contribution in [3.8, 4) is 11.5 Å². The number of hydrogen-bond donors (Lipinski definition) is 4. The van der Waals surface area contributed by atoms with Gasteiger partial charge in [0.1, 0.15) is 23.4 Å². The molecule has 9 nitrogen and oxygen atoms in total. The van der Waals surface area contributed by atoms with E-state index in [1.807, 2.05) is 38.1 Å². The second-order valence-electron chi connectivity index (χ2n) is 8.77. The number of nitrogen functional groups attached to an aromatic ring is 1. The van der Waals surface area contributed by atoms with Gasteiger partial charge >= 0.3 is 0 Å². The fourth-order valence-electron chi connectivity index (χ4n) is 4.17. The Hall–Kier alpha value is -4.53. The van der Waals surface area contributed by atoms with Gasteiger partial charge in [0.2, 0.25) is 5.91 Å². The molecule has 1 unspecified atom stereocenters. The van der Waals surface area contributed by atoms with E-state index in [9.17, 15) is 9.59 Å². The average molecular weight is 504 g/mol. The molecule has 0 spiro atoms. The summed E-state index contributed by atoms with van der Waals surface area (Å²) in [7, 11) is 4.81. The lowest BCUT2D eigenvalue weighted by atomic mass is 10.0. The number of methoxy groups -OCH3 is 2. The highest BCUT2D eigenvalue weighted by molar-refractivity contribution is 5.97. The molecular formula is C28H33N5O4. The number of amidine groups is 1. The highest BCUT2D eigenvalue weighted by Gasteiger charge is 2.25. The van der Waals surface area contributed by atoms with Gasteiger partial charge in [0.25, 0.3) is 5.91 Å². The Balaban J connectivity index is 1.96. The first-order chi connectivity index (χ1) is 17.6. The van der Waals surface area contributed by atoms with Crippen molar-refractivity contribution in [2.45, 2.75) is 26.4 Å². The number of anilines is 1. The summed E-state index contributed by atoms with van der Waals surface area (Å²) in [6.45, 7) is 3.96. The summed E-state index contributed by atoms with van der Waals surface area (Å²) in [6, 6.07) is 15.3. The molecule has 0 aromatic heterocycles. The van der Waals surface area contributed by atoms with Crippen molar-refractivity contribution in [1.29, 1.82) is 5.41 Å². The number of nitrogens with zero attached hydrogens (tertiary/aromatic N) is 1. The number of rotatable bonds is 10. The van der Waals surface area contributed by atoms with E-state index in [-0.39, 0.29) is 18.3 Å². The maximum Gasteiger partial charge on any atom is 0.251 e. The highest BCUT2D eigenvalue weighted by Crippen LogP contribution is 2.31. The molecule has 194 valence electrons.